The zero-order valence-corrected chi connectivity index (χ0v) is 15.6. The van der Waals surface area contributed by atoms with Gasteiger partial charge in [0.25, 0.3) is 0 Å². The Hall–Kier alpha value is -2.66. The molecule has 1 aliphatic heterocycles. The summed E-state index contributed by atoms with van der Waals surface area (Å²) in [7, 11) is 0. The minimum absolute atomic E-state index is 0.297. The van der Waals surface area contributed by atoms with Crippen molar-refractivity contribution >= 4 is 28.8 Å². The molecule has 0 spiro atoms. The van der Waals surface area contributed by atoms with Crippen molar-refractivity contribution in [1.82, 2.24) is 9.97 Å². The normalized spacial score (nSPS) is 14.2. The molecule has 4 rings (SSSR count). The van der Waals surface area contributed by atoms with Crippen LogP contribution in [0.25, 0.3) is 11.4 Å². The van der Waals surface area contributed by atoms with Gasteiger partial charge in [0.2, 0.25) is 0 Å². The molecule has 4 nitrogen and oxygen atoms in total. The average molecular weight is 383 g/mol. The van der Waals surface area contributed by atoms with E-state index in [1.807, 2.05) is 18.2 Å². The second kappa shape index (κ2) is 7.92. The highest BCUT2D eigenvalue weighted by atomic mass is 35.5. The fourth-order valence-electron chi connectivity index (χ4n) is 3.34. The summed E-state index contributed by atoms with van der Waals surface area (Å²) in [5.41, 5.74) is 2.86. The maximum atomic E-state index is 13.2. The predicted molar refractivity (Wildman–Crippen MR) is 108 cm³/mol. The van der Waals surface area contributed by atoms with Crippen molar-refractivity contribution in [3.63, 3.8) is 0 Å². The van der Waals surface area contributed by atoms with E-state index in [4.69, 9.17) is 11.6 Å². The fraction of sp³-hybridized carbons (Fsp3) is 0.238. The molecule has 2 aromatic carbocycles. The van der Waals surface area contributed by atoms with Gasteiger partial charge < -0.3 is 10.2 Å². The van der Waals surface area contributed by atoms with Crippen molar-refractivity contribution < 1.29 is 4.39 Å². The highest BCUT2D eigenvalue weighted by Crippen LogP contribution is 2.31. The summed E-state index contributed by atoms with van der Waals surface area (Å²) in [6.45, 7) is 2.12. The number of nitrogens with one attached hydrogen (secondary N) is 1. The smallest absolute Gasteiger partial charge is 0.163 e. The number of nitrogens with zero attached hydrogens (tertiary/aromatic N) is 3. The van der Waals surface area contributed by atoms with Gasteiger partial charge in [0, 0.05) is 24.7 Å². The van der Waals surface area contributed by atoms with Gasteiger partial charge in [-0.05, 0) is 55.7 Å². The van der Waals surface area contributed by atoms with Gasteiger partial charge >= 0.3 is 0 Å². The van der Waals surface area contributed by atoms with Crippen molar-refractivity contribution in [2.75, 3.05) is 23.3 Å². The van der Waals surface area contributed by atoms with Gasteiger partial charge in [-0.25, -0.2) is 14.4 Å². The molecule has 0 saturated carbocycles. The SMILES string of the molecule is Fc1ccc(-c2nc(Cl)cc(Nc3ccccc3N3CCCCC3)n2)cc1. The molecular formula is C21H20ClFN4. The van der Waals surface area contributed by atoms with E-state index in [0.717, 1.165) is 24.5 Å². The second-order valence-corrected chi connectivity index (χ2v) is 6.98. The molecule has 0 unspecified atom stereocenters. The van der Waals surface area contributed by atoms with Crippen LogP contribution in [0.5, 0.6) is 0 Å². The lowest BCUT2D eigenvalue weighted by Gasteiger charge is -2.30. The van der Waals surface area contributed by atoms with Crippen LogP contribution in [0.1, 0.15) is 19.3 Å². The van der Waals surface area contributed by atoms with Crippen LogP contribution >= 0.6 is 11.6 Å². The fourth-order valence-corrected chi connectivity index (χ4v) is 3.52. The average Bonchev–Trinajstić information content (AvgIpc) is 2.69. The molecule has 0 aliphatic carbocycles. The number of anilines is 3. The molecule has 0 bridgehead atoms. The van der Waals surface area contributed by atoms with Crippen molar-refractivity contribution in [3.05, 3.63) is 65.6 Å². The van der Waals surface area contributed by atoms with Crippen LogP contribution in [-0.4, -0.2) is 23.1 Å². The number of rotatable bonds is 4. The third-order valence-corrected chi connectivity index (χ3v) is 4.85. The number of benzene rings is 2. The highest BCUT2D eigenvalue weighted by molar-refractivity contribution is 6.29. The molecule has 1 aliphatic rings. The van der Waals surface area contributed by atoms with E-state index in [-0.39, 0.29) is 5.82 Å². The summed E-state index contributed by atoms with van der Waals surface area (Å²) in [5, 5.41) is 3.72. The van der Waals surface area contributed by atoms with Gasteiger partial charge in [-0.1, -0.05) is 23.7 Å². The summed E-state index contributed by atoms with van der Waals surface area (Å²) < 4.78 is 13.2. The molecule has 0 amide bonds. The largest absolute Gasteiger partial charge is 0.370 e. The van der Waals surface area contributed by atoms with Crippen LogP contribution in [0.2, 0.25) is 5.15 Å². The Bertz CT molecular complexity index is 924. The molecule has 1 N–H and O–H groups in total. The van der Waals surface area contributed by atoms with Gasteiger partial charge in [0.05, 0.1) is 11.4 Å². The number of para-hydroxylation sites is 2. The third kappa shape index (κ3) is 4.19. The Balaban J connectivity index is 1.64. The van der Waals surface area contributed by atoms with E-state index in [0.29, 0.717) is 22.4 Å². The number of piperidine rings is 1. The van der Waals surface area contributed by atoms with Crippen molar-refractivity contribution in [2.45, 2.75) is 19.3 Å². The van der Waals surface area contributed by atoms with Crippen LogP contribution in [0.15, 0.2) is 54.6 Å². The molecule has 1 saturated heterocycles. The minimum Gasteiger partial charge on any atom is -0.370 e. The van der Waals surface area contributed by atoms with E-state index in [1.165, 1.54) is 31.4 Å². The molecule has 1 aromatic heterocycles. The lowest BCUT2D eigenvalue weighted by atomic mass is 10.1. The van der Waals surface area contributed by atoms with E-state index < -0.39 is 0 Å². The van der Waals surface area contributed by atoms with E-state index in [9.17, 15) is 4.39 Å². The second-order valence-electron chi connectivity index (χ2n) is 6.60. The first-order chi connectivity index (χ1) is 13.2. The maximum absolute atomic E-state index is 13.2. The highest BCUT2D eigenvalue weighted by Gasteiger charge is 2.15. The first-order valence-electron chi connectivity index (χ1n) is 9.10. The molecule has 3 aromatic rings. The quantitative estimate of drug-likeness (QED) is 0.590. The summed E-state index contributed by atoms with van der Waals surface area (Å²) in [5.74, 6) is 0.772. The lowest BCUT2D eigenvalue weighted by Crippen LogP contribution is -2.29. The first-order valence-corrected chi connectivity index (χ1v) is 9.48. The molecule has 1 fully saturated rings. The molecular weight excluding hydrogens is 363 g/mol. The maximum Gasteiger partial charge on any atom is 0.163 e. The Morgan fingerprint density at radius 2 is 1.67 bits per heavy atom. The van der Waals surface area contributed by atoms with Crippen LogP contribution in [0.4, 0.5) is 21.6 Å². The standard InChI is InChI=1S/C21H20ClFN4/c22-19-14-20(26-21(25-19)15-8-10-16(23)11-9-15)24-17-6-2-3-7-18(17)27-12-4-1-5-13-27/h2-3,6-11,14H,1,4-5,12-13H2,(H,24,25,26). The van der Waals surface area contributed by atoms with Gasteiger partial charge in [-0.15, -0.1) is 0 Å². The van der Waals surface area contributed by atoms with Gasteiger partial charge in [-0.2, -0.15) is 0 Å². The molecule has 0 atom stereocenters. The van der Waals surface area contributed by atoms with E-state index >= 15 is 0 Å². The molecule has 138 valence electrons. The predicted octanol–water partition coefficient (Wildman–Crippen LogP) is 5.67. The van der Waals surface area contributed by atoms with Crippen molar-refractivity contribution in [2.24, 2.45) is 0 Å². The summed E-state index contributed by atoms with van der Waals surface area (Å²) in [4.78, 5) is 11.2. The van der Waals surface area contributed by atoms with Gasteiger partial charge in [-0.3, -0.25) is 0 Å². The summed E-state index contributed by atoms with van der Waals surface area (Å²) in [6.07, 6.45) is 3.71. The zero-order chi connectivity index (χ0) is 18.6. The Morgan fingerprint density at radius 3 is 2.44 bits per heavy atom. The van der Waals surface area contributed by atoms with E-state index in [1.54, 1.807) is 18.2 Å². The van der Waals surface area contributed by atoms with Crippen LogP contribution in [-0.2, 0) is 0 Å². The van der Waals surface area contributed by atoms with Crippen LogP contribution in [0, 0.1) is 5.82 Å². The van der Waals surface area contributed by atoms with Crippen molar-refractivity contribution in [3.8, 4) is 11.4 Å². The Labute approximate surface area is 163 Å². The first kappa shape index (κ1) is 17.7. The lowest BCUT2D eigenvalue weighted by molar-refractivity contribution is 0.578. The van der Waals surface area contributed by atoms with Crippen LogP contribution < -0.4 is 10.2 Å². The minimum atomic E-state index is -0.297. The van der Waals surface area contributed by atoms with Gasteiger partial charge in [0.15, 0.2) is 5.82 Å². The number of halogens is 2. The number of hydrogen-bond acceptors (Lipinski definition) is 4. The van der Waals surface area contributed by atoms with E-state index in [2.05, 4.69) is 26.3 Å². The number of aromatic nitrogens is 2. The van der Waals surface area contributed by atoms with Crippen LogP contribution in [0.3, 0.4) is 0 Å². The molecule has 2 heterocycles. The monoisotopic (exact) mass is 382 g/mol. The molecule has 6 heteroatoms. The third-order valence-electron chi connectivity index (χ3n) is 4.66. The van der Waals surface area contributed by atoms with Crippen molar-refractivity contribution in [1.29, 1.82) is 0 Å². The number of hydrogen-bond donors (Lipinski definition) is 1. The molecule has 0 radical (unpaired) electrons. The summed E-state index contributed by atoms with van der Waals surface area (Å²) >= 11 is 6.21. The Morgan fingerprint density at radius 1 is 0.926 bits per heavy atom. The topological polar surface area (TPSA) is 41.1 Å². The van der Waals surface area contributed by atoms with Gasteiger partial charge in [0.1, 0.15) is 16.8 Å². The zero-order valence-electron chi connectivity index (χ0n) is 14.8. The summed E-state index contributed by atoms with van der Waals surface area (Å²) in [6, 6.07) is 16.0. The molecule has 27 heavy (non-hydrogen) atoms. The Kier molecular flexibility index (Phi) is 5.21.